The van der Waals surface area contributed by atoms with E-state index in [2.05, 4.69) is 15.2 Å². The summed E-state index contributed by atoms with van der Waals surface area (Å²) < 4.78 is 2.26. The van der Waals surface area contributed by atoms with Crippen molar-refractivity contribution in [1.29, 1.82) is 0 Å². The fourth-order valence-corrected chi connectivity index (χ4v) is 5.78. The summed E-state index contributed by atoms with van der Waals surface area (Å²) in [6.45, 7) is 5.51. The zero-order chi connectivity index (χ0) is 23.7. The summed E-state index contributed by atoms with van der Waals surface area (Å²) >= 11 is 0. The Morgan fingerprint density at radius 3 is 2.22 bits per heavy atom. The fraction of sp³-hybridized carbons (Fsp3) is 0.760. The highest BCUT2D eigenvalue weighted by atomic mass is 35.5. The van der Waals surface area contributed by atoms with Crippen LogP contribution in [0, 0.1) is 5.92 Å². The second-order valence-corrected chi connectivity index (χ2v) is 10.8. The van der Waals surface area contributed by atoms with Crippen LogP contribution in [0.5, 0.6) is 0 Å². The molecular weight excluding hydrogens is 499 g/mol. The van der Waals surface area contributed by atoms with E-state index in [1.165, 1.54) is 25.7 Å². The lowest BCUT2D eigenvalue weighted by Crippen LogP contribution is -2.44. The molecule has 1 aliphatic heterocycles. The number of carbonyl (C=O) groups is 1. The van der Waals surface area contributed by atoms with Gasteiger partial charge in [-0.2, -0.15) is 9.97 Å². The van der Waals surface area contributed by atoms with Gasteiger partial charge in [-0.05, 0) is 51.4 Å². The lowest BCUT2D eigenvalue weighted by molar-refractivity contribution is -0.135. The van der Waals surface area contributed by atoms with Crippen LogP contribution >= 0.6 is 24.8 Å². The van der Waals surface area contributed by atoms with Crippen LogP contribution in [0.25, 0.3) is 11.2 Å². The van der Waals surface area contributed by atoms with Gasteiger partial charge in [0.05, 0.1) is 6.33 Å². The van der Waals surface area contributed by atoms with Gasteiger partial charge >= 0.3 is 0 Å². The highest BCUT2D eigenvalue weighted by molar-refractivity contribution is 5.86. The molecule has 11 heteroatoms. The average Bonchev–Trinajstić information content (AvgIpc) is 3.50. The van der Waals surface area contributed by atoms with E-state index in [0.717, 1.165) is 68.6 Å². The standard InChI is InChI=1S/C25H40N8O.2ClH/c1-16(2)24(34)32-13-11-19(12-14-32)28-22-21-23(33(15-27-21)20-5-3-4-6-20)31-25(30-22)29-18-9-7-17(26)8-10-18;;/h15-20H,3-14,26H2,1-2H3,(H2,28,29,30,31);2*1H/t17-,18-;;. The molecule has 2 saturated carbocycles. The number of imidazole rings is 1. The smallest absolute Gasteiger partial charge is 0.227 e. The number of piperidine rings is 1. The van der Waals surface area contributed by atoms with Crippen molar-refractivity contribution in [2.75, 3.05) is 23.7 Å². The Kier molecular flexibility index (Phi) is 10.1. The van der Waals surface area contributed by atoms with E-state index < -0.39 is 0 Å². The quantitative estimate of drug-likeness (QED) is 0.493. The van der Waals surface area contributed by atoms with Gasteiger partial charge < -0.3 is 25.8 Å². The van der Waals surface area contributed by atoms with E-state index in [0.29, 0.717) is 24.1 Å². The van der Waals surface area contributed by atoms with Gasteiger partial charge in [0.1, 0.15) is 0 Å². The molecule has 2 aromatic heterocycles. The van der Waals surface area contributed by atoms with Crippen LogP contribution in [0.15, 0.2) is 6.33 Å². The number of nitrogens with two attached hydrogens (primary N) is 1. The first-order valence-electron chi connectivity index (χ1n) is 13.3. The molecule has 9 nitrogen and oxygen atoms in total. The van der Waals surface area contributed by atoms with E-state index in [1.54, 1.807) is 0 Å². The van der Waals surface area contributed by atoms with Gasteiger partial charge in [0.25, 0.3) is 0 Å². The zero-order valence-corrected chi connectivity index (χ0v) is 23.1. The van der Waals surface area contributed by atoms with Crippen molar-refractivity contribution in [3.05, 3.63) is 6.33 Å². The van der Waals surface area contributed by atoms with Gasteiger partial charge in [0.2, 0.25) is 11.9 Å². The monoisotopic (exact) mass is 540 g/mol. The van der Waals surface area contributed by atoms with Crippen LogP contribution in [0.4, 0.5) is 11.8 Å². The van der Waals surface area contributed by atoms with Crippen molar-refractivity contribution in [3.8, 4) is 0 Å². The van der Waals surface area contributed by atoms with Crippen molar-refractivity contribution in [2.24, 2.45) is 11.7 Å². The normalized spacial score (nSPS) is 23.4. The first-order chi connectivity index (χ1) is 16.5. The molecule has 5 rings (SSSR count). The zero-order valence-electron chi connectivity index (χ0n) is 21.5. The van der Waals surface area contributed by atoms with Gasteiger partial charge in [-0.1, -0.05) is 26.7 Å². The molecule has 1 amide bonds. The molecule has 0 spiro atoms. The number of halogens is 2. The maximum Gasteiger partial charge on any atom is 0.227 e. The summed E-state index contributed by atoms with van der Waals surface area (Å²) in [6.07, 6.45) is 12.9. The van der Waals surface area contributed by atoms with Gasteiger partial charge in [0, 0.05) is 43.2 Å². The van der Waals surface area contributed by atoms with Crippen LogP contribution in [0.1, 0.15) is 84.1 Å². The number of aromatic nitrogens is 4. The Labute approximate surface area is 226 Å². The predicted octanol–water partition coefficient (Wildman–Crippen LogP) is 4.53. The molecule has 0 radical (unpaired) electrons. The lowest BCUT2D eigenvalue weighted by atomic mass is 9.92. The van der Waals surface area contributed by atoms with Crippen molar-refractivity contribution < 1.29 is 4.79 Å². The summed E-state index contributed by atoms with van der Waals surface area (Å²) in [4.78, 5) is 29.0. The third kappa shape index (κ3) is 6.34. The Balaban J connectivity index is 0.00000180. The first kappa shape index (κ1) is 28.7. The second kappa shape index (κ2) is 12.6. The maximum absolute atomic E-state index is 12.4. The van der Waals surface area contributed by atoms with Crippen molar-refractivity contribution in [2.45, 2.75) is 102 Å². The van der Waals surface area contributed by atoms with Crippen molar-refractivity contribution >= 4 is 53.7 Å². The first-order valence-corrected chi connectivity index (χ1v) is 13.3. The number of hydrogen-bond acceptors (Lipinski definition) is 7. The molecule has 2 aromatic rings. The third-order valence-electron chi connectivity index (χ3n) is 7.89. The number of nitrogens with zero attached hydrogens (tertiary/aromatic N) is 5. The Morgan fingerprint density at radius 2 is 1.58 bits per heavy atom. The molecule has 3 fully saturated rings. The lowest BCUT2D eigenvalue weighted by Gasteiger charge is -2.33. The van der Waals surface area contributed by atoms with Gasteiger partial charge in [-0.25, -0.2) is 4.98 Å². The number of fused-ring (bicyclic) bond motifs is 1. The summed E-state index contributed by atoms with van der Waals surface area (Å²) in [5, 5.41) is 7.28. The highest BCUT2D eigenvalue weighted by Crippen LogP contribution is 2.34. The van der Waals surface area contributed by atoms with E-state index in [1.807, 2.05) is 25.1 Å². The fourth-order valence-electron chi connectivity index (χ4n) is 5.78. The molecule has 1 saturated heterocycles. The molecule has 202 valence electrons. The molecule has 0 aromatic carbocycles. The Hall–Kier alpha value is -1.84. The molecule has 0 unspecified atom stereocenters. The largest absolute Gasteiger partial charge is 0.365 e. The molecule has 3 heterocycles. The summed E-state index contributed by atoms with van der Waals surface area (Å²) in [5.74, 6) is 1.79. The Bertz CT molecular complexity index is 993. The van der Waals surface area contributed by atoms with E-state index in [-0.39, 0.29) is 42.7 Å². The summed E-state index contributed by atoms with van der Waals surface area (Å²) in [5.41, 5.74) is 7.88. The van der Waals surface area contributed by atoms with Gasteiger partial charge in [-0.15, -0.1) is 24.8 Å². The van der Waals surface area contributed by atoms with Crippen molar-refractivity contribution in [3.63, 3.8) is 0 Å². The van der Waals surface area contributed by atoms with E-state index in [9.17, 15) is 4.79 Å². The minimum absolute atomic E-state index is 0. The molecule has 36 heavy (non-hydrogen) atoms. The van der Waals surface area contributed by atoms with Crippen LogP contribution in [0.2, 0.25) is 0 Å². The van der Waals surface area contributed by atoms with Crippen LogP contribution < -0.4 is 16.4 Å². The van der Waals surface area contributed by atoms with Crippen LogP contribution in [-0.2, 0) is 4.79 Å². The number of nitrogens with one attached hydrogen (secondary N) is 2. The average molecular weight is 542 g/mol. The number of rotatable bonds is 6. The minimum Gasteiger partial charge on any atom is -0.365 e. The maximum atomic E-state index is 12.4. The predicted molar refractivity (Wildman–Crippen MR) is 149 cm³/mol. The van der Waals surface area contributed by atoms with Gasteiger partial charge in [0.15, 0.2) is 17.0 Å². The van der Waals surface area contributed by atoms with E-state index >= 15 is 0 Å². The third-order valence-corrected chi connectivity index (χ3v) is 7.89. The molecule has 0 bridgehead atoms. The molecule has 4 N–H and O–H groups in total. The number of anilines is 2. The molecule has 2 aliphatic carbocycles. The van der Waals surface area contributed by atoms with Crippen LogP contribution in [-0.4, -0.2) is 61.5 Å². The summed E-state index contributed by atoms with van der Waals surface area (Å²) in [7, 11) is 0. The SMILES string of the molecule is CC(C)C(=O)N1CCC(Nc2nc(N[C@H]3CC[C@H](N)CC3)nc3c2ncn3C2CCCC2)CC1.Cl.Cl. The second-order valence-electron chi connectivity index (χ2n) is 10.8. The van der Waals surface area contributed by atoms with Gasteiger partial charge in [-0.3, -0.25) is 4.79 Å². The van der Waals surface area contributed by atoms with Crippen molar-refractivity contribution in [1.82, 2.24) is 24.4 Å². The number of likely N-dealkylation sites (tertiary alicyclic amines) is 1. The minimum atomic E-state index is 0. The highest BCUT2D eigenvalue weighted by Gasteiger charge is 2.27. The van der Waals surface area contributed by atoms with E-state index in [4.69, 9.17) is 20.7 Å². The van der Waals surface area contributed by atoms with Crippen LogP contribution in [0.3, 0.4) is 0 Å². The molecule has 0 atom stereocenters. The topological polar surface area (TPSA) is 114 Å². The summed E-state index contributed by atoms with van der Waals surface area (Å²) in [6, 6.07) is 1.42. The Morgan fingerprint density at radius 1 is 0.944 bits per heavy atom. The number of hydrogen-bond donors (Lipinski definition) is 3. The molecule has 3 aliphatic rings. The number of amides is 1. The molecular formula is C25H42Cl2N8O. The number of carbonyl (C=O) groups excluding carboxylic acids is 1.